The lowest BCUT2D eigenvalue weighted by Crippen LogP contribution is -1.92. The highest BCUT2D eigenvalue weighted by Crippen LogP contribution is 2.17. The molecule has 0 bridgehead atoms. The van der Waals surface area contributed by atoms with Crippen molar-refractivity contribution in [2.45, 2.75) is 20.8 Å². The SMILES string of the molecule is CC(=O)/C=C(\O)c1cc(C)ccc1C. The lowest BCUT2D eigenvalue weighted by molar-refractivity contribution is -0.112. The van der Waals surface area contributed by atoms with E-state index in [0.717, 1.165) is 16.7 Å². The molecule has 1 aromatic rings. The Labute approximate surface area is 83.9 Å². The van der Waals surface area contributed by atoms with E-state index in [1.54, 1.807) is 0 Å². The molecule has 0 amide bonds. The van der Waals surface area contributed by atoms with Gasteiger partial charge in [-0.05, 0) is 32.4 Å². The van der Waals surface area contributed by atoms with Gasteiger partial charge in [0.2, 0.25) is 0 Å². The Morgan fingerprint density at radius 1 is 1.36 bits per heavy atom. The summed E-state index contributed by atoms with van der Waals surface area (Å²) in [7, 11) is 0. The van der Waals surface area contributed by atoms with Gasteiger partial charge in [-0.15, -0.1) is 0 Å². The van der Waals surface area contributed by atoms with Crippen LogP contribution in [0.15, 0.2) is 24.3 Å². The van der Waals surface area contributed by atoms with Crippen molar-refractivity contribution >= 4 is 11.5 Å². The molecule has 2 nitrogen and oxygen atoms in total. The topological polar surface area (TPSA) is 37.3 Å². The third-order valence-corrected chi connectivity index (χ3v) is 2.01. The Balaban J connectivity index is 3.18. The van der Waals surface area contributed by atoms with Gasteiger partial charge in [-0.1, -0.05) is 17.7 Å². The van der Waals surface area contributed by atoms with Gasteiger partial charge in [0.25, 0.3) is 0 Å². The van der Waals surface area contributed by atoms with E-state index < -0.39 is 0 Å². The number of allylic oxidation sites excluding steroid dienone is 1. The zero-order chi connectivity index (χ0) is 10.7. The van der Waals surface area contributed by atoms with Gasteiger partial charge >= 0.3 is 0 Å². The van der Waals surface area contributed by atoms with Gasteiger partial charge in [-0.2, -0.15) is 0 Å². The molecule has 0 aliphatic rings. The minimum absolute atomic E-state index is 0.0405. The van der Waals surface area contributed by atoms with Crippen LogP contribution in [-0.4, -0.2) is 10.9 Å². The molecule has 0 unspecified atom stereocenters. The number of carbonyl (C=O) groups excluding carboxylic acids is 1. The van der Waals surface area contributed by atoms with Crippen molar-refractivity contribution in [1.82, 2.24) is 0 Å². The van der Waals surface area contributed by atoms with Gasteiger partial charge < -0.3 is 5.11 Å². The first-order valence-electron chi connectivity index (χ1n) is 4.49. The summed E-state index contributed by atoms with van der Waals surface area (Å²) in [6.07, 6.45) is 1.24. The van der Waals surface area contributed by atoms with E-state index in [1.807, 2.05) is 32.0 Å². The van der Waals surface area contributed by atoms with Crippen molar-refractivity contribution < 1.29 is 9.90 Å². The third kappa shape index (κ3) is 2.46. The molecule has 0 aromatic heterocycles. The lowest BCUT2D eigenvalue weighted by Gasteiger charge is -2.05. The molecule has 0 aliphatic carbocycles. The maximum atomic E-state index is 10.8. The standard InChI is InChI=1S/C12H14O2/c1-8-4-5-9(2)11(6-8)12(14)7-10(3)13/h4-7,14H,1-3H3/b12-7-. The number of aryl methyl sites for hydroxylation is 2. The molecule has 0 aliphatic heterocycles. The van der Waals surface area contributed by atoms with Gasteiger partial charge in [0.05, 0.1) is 0 Å². The van der Waals surface area contributed by atoms with Crippen LogP contribution in [-0.2, 0) is 4.79 Å². The van der Waals surface area contributed by atoms with Gasteiger partial charge in [-0.25, -0.2) is 0 Å². The molecular formula is C12H14O2. The number of carbonyl (C=O) groups is 1. The lowest BCUT2D eigenvalue weighted by atomic mass is 10.0. The Bertz CT molecular complexity index is 389. The molecule has 1 rings (SSSR count). The summed E-state index contributed by atoms with van der Waals surface area (Å²) in [6, 6.07) is 5.76. The van der Waals surface area contributed by atoms with Crippen LogP contribution in [0.3, 0.4) is 0 Å². The Hall–Kier alpha value is -1.57. The van der Waals surface area contributed by atoms with Crippen molar-refractivity contribution in [3.8, 4) is 0 Å². The minimum atomic E-state index is -0.150. The molecule has 0 fully saturated rings. The second kappa shape index (κ2) is 4.09. The van der Waals surface area contributed by atoms with E-state index in [1.165, 1.54) is 13.0 Å². The summed E-state index contributed by atoms with van der Waals surface area (Å²) in [5, 5.41) is 9.64. The number of hydrogen-bond donors (Lipinski definition) is 1. The zero-order valence-electron chi connectivity index (χ0n) is 8.66. The first-order valence-corrected chi connectivity index (χ1v) is 4.49. The van der Waals surface area contributed by atoms with Crippen LogP contribution in [0.25, 0.3) is 5.76 Å². The molecule has 14 heavy (non-hydrogen) atoms. The van der Waals surface area contributed by atoms with Crippen LogP contribution in [0.2, 0.25) is 0 Å². The summed E-state index contributed by atoms with van der Waals surface area (Å²) in [5.41, 5.74) is 2.75. The fourth-order valence-electron chi connectivity index (χ4n) is 1.28. The van der Waals surface area contributed by atoms with Crippen LogP contribution in [0.5, 0.6) is 0 Å². The summed E-state index contributed by atoms with van der Waals surface area (Å²) in [6.45, 7) is 5.27. The summed E-state index contributed by atoms with van der Waals surface area (Å²) < 4.78 is 0. The summed E-state index contributed by atoms with van der Waals surface area (Å²) in [4.78, 5) is 10.8. The fraction of sp³-hybridized carbons (Fsp3) is 0.250. The van der Waals surface area contributed by atoms with Crippen molar-refractivity contribution in [1.29, 1.82) is 0 Å². The van der Waals surface area contributed by atoms with Crippen molar-refractivity contribution in [2.24, 2.45) is 0 Å². The number of aliphatic hydroxyl groups excluding tert-OH is 1. The Kier molecular flexibility index (Phi) is 3.07. The number of benzene rings is 1. The monoisotopic (exact) mass is 190 g/mol. The van der Waals surface area contributed by atoms with Gasteiger partial charge in [0, 0.05) is 11.6 Å². The number of aliphatic hydroxyl groups is 1. The predicted molar refractivity (Wildman–Crippen MR) is 57.2 cm³/mol. The fourth-order valence-corrected chi connectivity index (χ4v) is 1.28. The number of hydrogen-bond acceptors (Lipinski definition) is 2. The van der Waals surface area contributed by atoms with E-state index in [0.29, 0.717) is 0 Å². The summed E-state index contributed by atoms with van der Waals surface area (Å²) in [5.74, 6) is -0.109. The van der Waals surface area contributed by atoms with Crippen molar-refractivity contribution in [2.75, 3.05) is 0 Å². The third-order valence-electron chi connectivity index (χ3n) is 2.01. The average Bonchev–Trinajstić information content (AvgIpc) is 2.08. The largest absolute Gasteiger partial charge is 0.507 e. The Morgan fingerprint density at radius 3 is 2.57 bits per heavy atom. The maximum Gasteiger partial charge on any atom is 0.156 e. The summed E-state index contributed by atoms with van der Waals surface area (Å²) >= 11 is 0. The zero-order valence-corrected chi connectivity index (χ0v) is 8.66. The van der Waals surface area contributed by atoms with Gasteiger partial charge in [-0.3, -0.25) is 4.79 Å². The minimum Gasteiger partial charge on any atom is -0.507 e. The van der Waals surface area contributed by atoms with Crippen molar-refractivity contribution in [3.05, 3.63) is 41.0 Å². The Morgan fingerprint density at radius 2 is 2.00 bits per heavy atom. The molecule has 2 heteroatoms. The maximum absolute atomic E-state index is 10.8. The molecular weight excluding hydrogens is 176 g/mol. The second-order valence-electron chi connectivity index (χ2n) is 3.46. The smallest absolute Gasteiger partial charge is 0.156 e. The highest BCUT2D eigenvalue weighted by atomic mass is 16.3. The van der Waals surface area contributed by atoms with E-state index >= 15 is 0 Å². The van der Waals surface area contributed by atoms with E-state index in [2.05, 4.69) is 0 Å². The van der Waals surface area contributed by atoms with Crippen molar-refractivity contribution in [3.63, 3.8) is 0 Å². The second-order valence-corrected chi connectivity index (χ2v) is 3.46. The highest BCUT2D eigenvalue weighted by Gasteiger charge is 2.04. The molecule has 0 spiro atoms. The van der Waals surface area contributed by atoms with Crippen LogP contribution in [0.4, 0.5) is 0 Å². The van der Waals surface area contributed by atoms with Crippen LogP contribution in [0, 0.1) is 13.8 Å². The predicted octanol–water partition coefficient (Wildman–Crippen LogP) is 2.79. The molecule has 0 saturated heterocycles. The normalized spacial score (nSPS) is 11.5. The van der Waals surface area contributed by atoms with Crippen LogP contribution in [0.1, 0.15) is 23.6 Å². The van der Waals surface area contributed by atoms with Crippen LogP contribution < -0.4 is 0 Å². The molecule has 0 saturated carbocycles. The molecule has 1 aromatic carbocycles. The van der Waals surface area contributed by atoms with Gasteiger partial charge in [0.15, 0.2) is 5.78 Å². The molecule has 0 atom stereocenters. The number of ketones is 1. The number of rotatable bonds is 2. The van der Waals surface area contributed by atoms with E-state index in [9.17, 15) is 9.90 Å². The van der Waals surface area contributed by atoms with E-state index in [4.69, 9.17) is 0 Å². The molecule has 74 valence electrons. The van der Waals surface area contributed by atoms with Gasteiger partial charge in [0.1, 0.15) is 5.76 Å². The molecule has 1 N–H and O–H groups in total. The quantitative estimate of drug-likeness (QED) is 0.575. The average molecular weight is 190 g/mol. The van der Waals surface area contributed by atoms with Crippen LogP contribution >= 0.6 is 0 Å². The molecule has 0 heterocycles. The van der Waals surface area contributed by atoms with E-state index in [-0.39, 0.29) is 11.5 Å². The highest BCUT2D eigenvalue weighted by molar-refractivity contribution is 5.93. The molecule has 0 radical (unpaired) electrons. The first-order chi connectivity index (χ1) is 6.50. The first kappa shape index (κ1) is 10.5.